The number of benzene rings is 1. The zero-order valence-corrected chi connectivity index (χ0v) is 16.2. The van der Waals surface area contributed by atoms with Crippen molar-refractivity contribution in [3.8, 4) is 5.75 Å². The summed E-state index contributed by atoms with van der Waals surface area (Å²) in [5.74, 6) is 1.26. The van der Waals surface area contributed by atoms with Crippen molar-refractivity contribution in [3.05, 3.63) is 42.5 Å². The van der Waals surface area contributed by atoms with Gasteiger partial charge in [0.2, 0.25) is 11.8 Å². The van der Waals surface area contributed by atoms with Crippen molar-refractivity contribution < 1.29 is 14.3 Å². The summed E-state index contributed by atoms with van der Waals surface area (Å²) >= 11 is 0. The van der Waals surface area contributed by atoms with Gasteiger partial charge in [-0.1, -0.05) is 0 Å². The van der Waals surface area contributed by atoms with Gasteiger partial charge in [-0.15, -0.1) is 0 Å². The molecule has 0 saturated carbocycles. The van der Waals surface area contributed by atoms with E-state index >= 15 is 0 Å². The van der Waals surface area contributed by atoms with Gasteiger partial charge in [-0.2, -0.15) is 0 Å². The van der Waals surface area contributed by atoms with Crippen LogP contribution in [0, 0.1) is 5.92 Å². The number of ether oxygens (including phenoxy) is 1. The molecule has 0 aliphatic carbocycles. The van der Waals surface area contributed by atoms with Crippen LogP contribution in [0.3, 0.4) is 0 Å². The molecule has 2 amide bonds. The van der Waals surface area contributed by atoms with E-state index in [4.69, 9.17) is 4.74 Å². The van der Waals surface area contributed by atoms with Gasteiger partial charge in [0.25, 0.3) is 0 Å². The number of hydrogen-bond donors (Lipinski definition) is 1. The Labute approximate surface area is 164 Å². The summed E-state index contributed by atoms with van der Waals surface area (Å²) in [6.07, 6.45) is 3.87. The number of imidazole rings is 1. The van der Waals surface area contributed by atoms with Crippen molar-refractivity contribution in [2.24, 2.45) is 13.0 Å². The molecule has 2 saturated heterocycles. The molecule has 3 heterocycles. The van der Waals surface area contributed by atoms with Gasteiger partial charge in [0.15, 0.2) is 0 Å². The van der Waals surface area contributed by atoms with Gasteiger partial charge in [-0.3, -0.25) is 9.59 Å². The minimum atomic E-state index is -0.338. The first-order chi connectivity index (χ1) is 13.6. The van der Waals surface area contributed by atoms with Crippen LogP contribution in [0.15, 0.2) is 36.7 Å². The number of rotatable bonds is 4. The first-order valence-corrected chi connectivity index (χ1v) is 9.51. The Morgan fingerprint density at radius 2 is 2.07 bits per heavy atom. The maximum atomic E-state index is 13.3. The number of aromatic nitrogens is 2. The van der Waals surface area contributed by atoms with E-state index in [-0.39, 0.29) is 30.2 Å². The van der Waals surface area contributed by atoms with Crippen molar-refractivity contribution in [2.45, 2.75) is 12.5 Å². The molecule has 4 rings (SSSR count). The summed E-state index contributed by atoms with van der Waals surface area (Å²) in [6, 6.07) is 7.23. The highest BCUT2D eigenvalue weighted by atomic mass is 16.5. The molecule has 2 aromatic rings. The average molecular weight is 383 g/mol. The third-order valence-corrected chi connectivity index (χ3v) is 5.54. The van der Waals surface area contributed by atoms with Gasteiger partial charge < -0.3 is 24.4 Å². The molecule has 8 nitrogen and oxygen atoms in total. The lowest BCUT2D eigenvalue weighted by Gasteiger charge is -2.37. The van der Waals surface area contributed by atoms with Crippen molar-refractivity contribution in [3.63, 3.8) is 0 Å². The van der Waals surface area contributed by atoms with Crippen LogP contribution in [-0.4, -0.2) is 59.6 Å². The molecule has 0 bridgehead atoms. The third-order valence-electron chi connectivity index (χ3n) is 5.54. The first-order valence-electron chi connectivity index (χ1n) is 9.51. The van der Waals surface area contributed by atoms with E-state index in [1.807, 2.05) is 47.0 Å². The molecule has 2 atom stereocenters. The summed E-state index contributed by atoms with van der Waals surface area (Å²) in [6.45, 7) is 2.43. The molecule has 2 fully saturated rings. The molecular formula is C20H25N5O3. The Morgan fingerprint density at radius 1 is 1.29 bits per heavy atom. The summed E-state index contributed by atoms with van der Waals surface area (Å²) < 4.78 is 7.12. The summed E-state index contributed by atoms with van der Waals surface area (Å²) in [7, 11) is 3.54. The van der Waals surface area contributed by atoms with Gasteiger partial charge in [-0.25, -0.2) is 4.98 Å². The van der Waals surface area contributed by atoms with Crippen LogP contribution >= 0.6 is 0 Å². The molecule has 0 radical (unpaired) electrons. The van der Waals surface area contributed by atoms with E-state index in [1.165, 1.54) is 0 Å². The van der Waals surface area contributed by atoms with Crippen molar-refractivity contribution >= 4 is 17.5 Å². The number of carbonyl (C=O) groups is 2. The first kappa shape index (κ1) is 18.5. The Kier molecular flexibility index (Phi) is 5.04. The summed E-state index contributed by atoms with van der Waals surface area (Å²) in [5, 5.41) is 3.34. The van der Waals surface area contributed by atoms with Crippen LogP contribution in [0.4, 0.5) is 5.69 Å². The zero-order valence-electron chi connectivity index (χ0n) is 16.2. The second-order valence-corrected chi connectivity index (χ2v) is 7.25. The quantitative estimate of drug-likeness (QED) is 0.851. The Bertz CT molecular complexity index is 863. The number of nitrogens with zero attached hydrogens (tertiary/aromatic N) is 4. The number of amides is 2. The number of piperazine rings is 1. The average Bonchev–Trinajstić information content (AvgIpc) is 3.33. The number of nitrogens with one attached hydrogen (secondary N) is 1. The highest BCUT2D eigenvalue weighted by Gasteiger charge is 2.40. The van der Waals surface area contributed by atoms with Gasteiger partial charge >= 0.3 is 0 Å². The number of aryl methyl sites for hydroxylation is 1. The minimum absolute atomic E-state index is 0.0211. The minimum Gasteiger partial charge on any atom is -0.497 e. The fourth-order valence-corrected chi connectivity index (χ4v) is 4.02. The van der Waals surface area contributed by atoms with Crippen molar-refractivity contribution in [1.82, 2.24) is 19.8 Å². The maximum Gasteiger partial charge on any atom is 0.228 e. The highest BCUT2D eigenvalue weighted by molar-refractivity contribution is 6.00. The van der Waals surface area contributed by atoms with Crippen molar-refractivity contribution in [2.75, 3.05) is 38.2 Å². The lowest BCUT2D eigenvalue weighted by Crippen LogP contribution is -2.51. The number of methoxy groups -OCH3 is 1. The largest absolute Gasteiger partial charge is 0.497 e. The zero-order chi connectivity index (χ0) is 19.7. The van der Waals surface area contributed by atoms with Crippen LogP contribution < -0.4 is 15.0 Å². The fraction of sp³-hybridized carbons (Fsp3) is 0.450. The van der Waals surface area contributed by atoms with E-state index in [2.05, 4.69) is 10.3 Å². The van der Waals surface area contributed by atoms with E-state index in [0.717, 1.165) is 23.8 Å². The Morgan fingerprint density at radius 3 is 2.75 bits per heavy atom. The van der Waals surface area contributed by atoms with Crippen LogP contribution in [-0.2, 0) is 16.6 Å². The van der Waals surface area contributed by atoms with Gasteiger partial charge in [0, 0.05) is 57.7 Å². The molecule has 0 spiro atoms. The topological polar surface area (TPSA) is 79.7 Å². The molecule has 8 heteroatoms. The molecule has 28 heavy (non-hydrogen) atoms. The standard InChI is InChI=1S/C20H25N5O3/c1-23-9-8-22-19(23)17-12-21-7-10-24(17)20(27)14-11-18(26)25(13-14)15-3-5-16(28-2)6-4-15/h3-6,8-9,14,17,21H,7,10-13H2,1-2H3. The molecule has 2 unspecified atom stereocenters. The van der Waals surface area contributed by atoms with Crippen LogP contribution in [0.2, 0.25) is 0 Å². The predicted octanol–water partition coefficient (Wildman–Crippen LogP) is 0.955. The molecule has 1 aromatic carbocycles. The molecule has 2 aliphatic rings. The van der Waals surface area contributed by atoms with Gasteiger partial charge in [0.1, 0.15) is 17.6 Å². The van der Waals surface area contributed by atoms with E-state index in [1.54, 1.807) is 18.2 Å². The van der Waals surface area contributed by atoms with Crippen LogP contribution in [0.1, 0.15) is 18.3 Å². The SMILES string of the molecule is COc1ccc(N2CC(C(=O)N3CCNCC3c3nccn3C)CC2=O)cc1. The maximum absolute atomic E-state index is 13.3. The van der Waals surface area contributed by atoms with Crippen LogP contribution in [0.25, 0.3) is 0 Å². The lowest BCUT2D eigenvalue weighted by molar-refractivity contribution is -0.139. The molecule has 2 aliphatic heterocycles. The van der Waals surface area contributed by atoms with Crippen LogP contribution in [0.5, 0.6) is 5.75 Å². The monoisotopic (exact) mass is 383 g/mol. The number of anilines is 1. The summed E-state index contributed by atoms with van der Waals surface area (Å²) in [4.78, 5) is 33.9. The smallest absolute Gasteiger partial charge is 0.228 e. The van der Waals surface area contributed by atoms with E-state index in [9.17, 15) is 9.59 Å². The second kappa shape index (κ2) is 7.63. The fourth-order valence-electron chi connectivity index (χ4n) is 4.02. The van der Waals surface area contributed by atoms with E-state index in [0.29, 0.717) is 19.6 Å². The second-order valence-electron chi connectivity index (χ2n) is 7.25. The van der Waals surface area contributed by atoms with Gasteiger partial charge in [0.05, 0.1) is 13.0 Å². The molecule has 148 valence electrons. The van der Waals surface area contributed by atoms with Crippen molar-refractivity contribution in [1.29, 1.82) is 0 Å². The third kappa shape index (κ3) is 3.35. The number of carbonyl (C=O) groups excluding carboxylic acids is 2. The summed E-state index contributed by atoms with van der Waals surface area (Å²) in [5.41, 5.74) is 0.794. The van der Waals surface area contributed by atoms with Gasteiger partial charge in [-0.05, 0) is 24.3 Å². The molecule has 1 aromatic heterocycles. The normalized spacial score (nSPS) is 22.6. The predicted molar refractivity (Wildman–Crippen MR) is 104 cm³/mol. The Hall–Kier alpha value is -2.87. The van der Waals surface area contributed by atoms with E-state index < -0.39 is 0 Å². The molecular weight excluding hydrogens is 358 g/mol. The lowest BCUT2D eigenvalue weighted by atomic mass is 10.0. The highest BCUT2D eigenvalue weighted by Crippen LogP contribution is 2.30. The Balaban J connectivity index is 1.51. The number of hydrogen-bond acceptors (Lipinski definition) is 5. The molecule has 1 N–H and O–H groups in total.